The van der Waals surface area contributed by atoms with Crippen LogP contribution < -0.4 is 0 Å². The zero-order chi connectivity index (χ0) is 13.8. The number of hydrogen-bond donors (Lipinski definition) is 0. The second-order valence-electron chi connectivity index (χ2n) is 4.81. The van der Waals surface area contributed by atoms with Crippen LogP contribution in [-0.4, -0.2) is 46.0 Å². The van der Waals surface area contributed by atoms with E-state index in [0.29, 0.717) is 19.4 Å². The minimum Gasteiger partial charge on any atom is -0.501 e. The van der Waals surface area contributed by atoms with E-state index in [1.807, 2.05) is 13.8 Å². The lowest BCUT2D eigenvalue weighted by Crippen LogP contribution is -2.40. The predicted molar refractivity (Wildman–Crippen MR) is 70.8 cm³/mol. The van der Waals surface area contributed by atoms with Gasteiger partial charge in [-0.3, -0.25) is 0 Å². The van der Waals surface area contributed by atoms with Crippen molar-refractivity contribution in [1.82, 2.24) is 0 Å². The van der Waals surface area contributed by atoms with Crippen molar-refractivity contribution in [3.63, 3.8) is 0 Å². The molecule has 1 saturated heterocycles. The van der Waals surface area contributed by atoms with Gasteiger partial charge in [-0.25, -0.2) is 16.8 Å². The second kappa shape index (κ2) is 6.06. The summed E-state index contributed by atoms with van der Waals surface area (Å²) in [6.07, 6.45) is 2.51. The Morgan fingerprint density at radius 3 is 2.50 bits per heavy atom. The minimum absolute atomic E-state index is 0.236. The van der Waals surface area contributed by atoms with Crippen LogP contribution in [0.3, 0.4) is 0 Å². The summed E-state index contributed by atoms with van der Waals surface area (Å²) in [4.78, 5) is 0. The highest BCUT2D eigenvalue weighted by atomic mass is 32.2. The van der Waals surface area contributed by atoms with Gasteiger partial charge in [0, 0.05) is 0 Å². The molecule has 1 atom stereocenters. The largest absolute Gasteiger partial charge is 0.501 e. The fraction of sp³-hybridized carbons (Fsp3) is 0.818. The Balaban J connectivity index is 2.47. The standard InChI is InChI=1S/C11H20O5S2/c1-10(2)8-16-5-3-4-11-9-17(12,13)6-7-18(11,14)15/h8,11H,3-7,9H2,1-2H3. The lowest BCUT2D eigenvalue weighted by Gasteiger charge is -2.22. The lowest BCUT2D eigenvalue weighted by molar-refractivity contribution is 0.239. The van der Waals surface area contributed by atoms with Gasteiger partial charge >= 0.3 is 0 Å². The first-order valence-corrected chi connectivity index (χ1v) is 9.43. The van der Waals surface area contributed by atoms with E-state index in [0.717, 1.165) is 5.57 Å². The summed E-state index contributed by atoms with van der Waals surface area (Å²) in [6.45, 7) is 4.22. The van der Waals surface area contributed by atoms with Gasteiger partial charge in [-0.1, -0.05) is 0 Å². The molecule has 1 aliphatic rings. The zero-order valence-electron chi connectivity index (χ0n) is 10.8. The van der Waals surface area contributed by atoms with E-state index in [2.05, 4.69) is 0 Å². The SMILES string of the molecule is CC(C)=COCCCC1CS(=O)(=O)CCS1(=O)=O. The zero-order valence-corrected chi connectivity index (χ0v) is 12.4. The molecule has 0 bridgehead atoms. The molecule has 7 heteroatoms. The quantitative estimate of drug-likeness (QED) is 0.557. The average molecular weight is 296 g/mol. The molecule has 1 unspecified atom stereocenters. The molecule has 1 aliphatic heterocycles. The molecule has 0 aliphatic carbocycles. The molecule has 0 aromatic heterocycles. The molecule has 18 heavy (non-hydrogen) atoms. The summed E-state index contributed by atoms with van der Waals surface area (Å²) in [5.74, 6) is -0.715. The van der Waals surface area contributed by atoms with Crippen molar-refractivity contribution < 1.29 is 21.6 Å². The van der Waals surface area contributed by atoms with Crippen LogP contribution in [0.4, 0.5) is 0 Å². The van der Waals surface area contributed by atoms with Crippen molar-refractivity contribution in [2.45, 2.75) is 31.9 Å². The van der Waals surface area contributed by atoms with Gasteiger partial charge in [0.25, 0.3) is 0 Å². The van der Waals surface area contributed by atoms with Gasteiger partial charge in [0.2, 0.25) is 0 Å². The van der Waals surface area contributed by atoms with E-state index in [1.165, 1.54) is 0 Å². The van der Waals surface area contributed by atoms with Crippen LogP contribution in [0.1, 0.15) is 26.7 Å². The predicted octanol–water partition coefficient (Wildman–Crippen LogP) is 0.919. The fourth-order valence-corrected chi connectivity index (χ4v) is 6.92. The van der Waals surface area contributed by atoms with Gasteiger partial charge in [0.15, 0.2) is 19.7 Å². The average Bonchev–Trinajstić information content (AvgIpc) is 2.23. The fourth-order valence-electron chi connectivity index (χ4n) is 1.76. The molecule has 0 N–H and O–H groups in total. The molecule has 5 nitrogen and oxygen atoms in total. The van der Waals surface area contributed by atoms with Crippen molar-refractivity contribution >= 4 is 19.7 Å². The van der Waals surface area contributed by atoms with Crippen LogP contribution in [-0.2, 0) is 24.4 Å². The topological polar surface area (TPSA) is 77.5 Å². The van der Waals surface area contributed by atoms with Gasteiger partial charge in [0.05, 0.1) is 35.4 Å². The van der Waals surface area contributed by atoms with E-state index in [1.54, 1.807) is 6.26 Å². The Morgan fingerprint density at radius 1 is 1.22 bits per heavy atom. The van der Waals surface area contributed by atoms with Crippen LogP contribution in [0.2, 0.25) is 0 Å². The van der Waals surface area contributed by atoms with Crippen LogP contribution in [0.5, 0.6) is 0 Å². The summed E-state index contributed by atoms with van der Waals surface area (Å²) < 4.78 is 51.5. The molecule has 0 saturated carbocycles. The summed E-state index contributed by atoms with van der Waals surface area (Å²) in [6, 6.07) is 0. The monoisotopic (exact) mass is 296 g/mol. The molecule has 1 fully saturated rings. The molecule has 0 amide bonds. The van der Waals surface area contributed by atoms with Crippen molar-refractivity contribution in [2.24, 2.45) is 0 Å². The van der Waals surface area contributed by atoms with Crippen LogP contribution in [0.25, 0.3) is 0 Å². The molecule has 0 aromatic rings. The Hall–Kier alpha value is -0.560. The van der Waals surface area contributed by atoms with Crippen molar-refractivity contribution in [2.75, 3.05) is 23.9 Å². The Kier molecular flexibility index (Phi) is 5.21. The first kappa shape index (κ1) is 15.5. The second-order valence-corrected chi connectivity index (χ2v) is 9.44. The molecule has 0 spiro atoms. The Bertz CT molecular complexity index is 498. The van der Waals surface area contributed by atoms with Gasteiger partial charge in [-0.2, -0.15) is 0 Å². The van der Waals surface area contributed by atoms with Crippen LogP contribution >= 0.6 is 0 Å². The number of sulfone groups is 2. The van der Waals surface area contributed by atoms with E-state index in [4.69, 9.17) is 4.74 Å². The molecule has 0 aromatic carbocycles. The first-order valence-electron chi connectivity index (χ1n) is 5.90. The number of allylic oxidation sites excluding steroid dienone is 1. The first-order chi connectivity index (χ1) is 8.23. The maximum absolute atomic E-state index is 11.7. The van der Waals surface area contributed by atoms with E-state index in [-0.39, 0.29) is 17.3 Å². The highest BCUT2D eigenvalue weighted by Crippen LogP contribution is 2.18. The normalized spacial score (nSPS) is 25.3. The highest BCUT2D eigenvalue weighted by molar-refractivity contribution is 7.98. The van der Waals surface area contributed by atoms with Crippen molar-refractivity contribution in [3.8, 4) is 0 Å². The van der Waals surface area contributed by atoms with E-state index < -0.39 is 24.9 Å². The third kappa shape index (κ3) is 4.97. The minimum atomic E-state index is -3.25. The highest BCUT2D eigenvalue weighted by Gasteiger charge is 2.36. The number of rotatable bonds is 5. The maximum Gasteiger partial charge on any atom is 0.155 e. The Morgan fingerprint density at radius 2 is 1.89 bits per heavy atom. The van der Waals surface area contributed by atoms with Gasteiger partial charge in [0.1, 0.15) is 0 Å². The third-order valence-electron chi connectivity index (χ3n) is 2.73. The van der Waals surface area contributed by atoms with Crippen molar-refractivity contribution in [1.29, 1.82) is 0 Å². The van der Waals surface area contributed by atoms with E-state index in [9.17, 15) is 16.8 Å². The summed E-state index contributed by atoms with van der Waals surface area (Å²) >= 11 is 0. The lowest BCUT2D eigenvalue weighted by atomic mass is 10.2. The molecular weight excluding hydrogens is 276 g/mol. The molecule has 1 heterocycles. The van der Waals surface area contributed by atoms with Gasteiger partial charge in [-0.15, -0.1) is 0 Å². The van der Waals surface area contributed by atoms with Crippen LogP contribution in [0, 0.1) is 0 Å². The van der Waals surface area contributed by atoms with Gasteiger partial charge < -0.3 is 4.74 Å². The Labute approximate surface area is 109 Å². The van der Waals surface area contributed by atoms with Crippen molar-refractivity contribution in [3.05, 3.63) is 11.8 Å². The summed E-state index contributed by atoms with van der Waals surface area (Å²) in [5, 5.41) is -0.758. The molecule has 106 valence electrons. The summed E-state index contributed by atoms with van der Waals surface area (Å²) in [5.41, 5.74) is 1.03. The maximum atomic E-state index is 11.7. The number of hydrogen-bond acceptors (Lipinski definition) is 5. The third-order valence-corrected chi connectivity index (χ3v) is 7.13. The molecule has 1 rings (SSSR count). The van der Waals surface area contributed by atoms with Gasteiger partial charge in [-0.05, 0) is 32.3 Å². The molecule has 0 radical (unpaired) electrons. The van der Waals surface area contributed by atoms with Crippen LogP contribution in [0.15, 0.2) is 11.8 Å². The van der Waals surface area contributed by atoms with E-state index >= 15 is 0 Å². The smallest absolute Gasteiger partial charge is 0.155 e. The number of ether oxygens (including phenoxy) is 1. The molecular formula is C11H20O5S2. The summed E-state index contributed by atoms with van der Waals surface area (Å²) in [7, 11) is -6.44.